The van der Waals surface area contributed by atoms with Crippen LogP contribution in [-0.2, 0) is 12.8 Å². The maximum atomic E-state index is 12.4. The molecule has 0 saturated carbocycles. The standard InChI is InChI=1S/C18H21NO2/c1-4-13-7-6-8-14(5-2)17(13)19-18(21)15-10-9-12(3)11-16(15)20/h6-11,20H,4-5H2,1-3H3,(H,19,21). The van der Waals surface area contributed by atoms with Gasteiger partial charge in [-0.15, -0.1) is 0 Å². The molecule has 2 rings (SSSR count). The van der Waals surface area contributed by atoms with Gasteiger partial charge in [0.2, 0.25) is 0 Å². The molecule has 0 aliphatic rings. The van der Waals surface area contributed by atoms with Gasteiger partial charge in [-0.2, -0.15) is 0 Å². The fourth-order valence-electron chi connectivity index (χ4n) is 2.42. The molecule has 0 heterocycles. The molecule has 0 unspecified atom stereocenters. The fraction of sp³-hybridized carbons (Fsp3) is 0.278. The minimum absolute atomic E-state index is 0.0135. The molecule has 0 fully saturated rings. The van der Waals surface area contributed by atoms with Crippen molar-refractivity contribution in [1.82, 2.24) is 0 Å². The number of amides is 1. The van der Waals surface area contributed by atoms with Crippen LogP contribution in [0, 0.1) is 6.92 Å². The molecule has 3 nitrogen and oxygen atoms in total. The summed E-state index contributed by atoms with van der Waals surface area (Å²) in [4.78, 5) is 12.4. The zero-order valence-electron chi connectivity index (χ0n) is 12.7. The molecule has 0 bridgehead atoms. The van der Waals surface area contributed by atoms with E-state index in [4.69, 9.17) is 0 Å². The molecule has 0 aromatic heterocycles. The monoisotopic (exact) mass is 283 g/mol. The molecule has 2 aromatic rings. The van der Waals surface area contributed by atoms with Gasteiger partial charge in [0.05, 0.1) is 5.56 Å². The van der Waals surface area contributed by atoms with E-state index in [2.05, 4.69) is 19.2 Å². The summed E-state index contributed by atoms with van der Waals surface area (Å²) in [6.45, 7) is 6.00. The number of rotatable bonds is 4. The number of anilines is 1. The molecule has 0 spiro atoms. The molecule has 0 radical (unpaired) electrons. The smallest absolute Gasteiger partial charge is 0.259 e. The van der Waals surface area contributed by atoms with E-state index >= 15 is 0 Å². The number of carbonyl (C=O) groups is 1. The maximum Gasteiger partial charge on any atom is 0.259 e. The Morgan fingerprint density at radius 3 is 2.24 bits per heavy atom. The van der Waals surface area contributed by atoms with E-state index in [-0.39, 0.29) is 11.7 Å². The highest BCUT2D eigenvalue weighted by molar-refractivity contribution is 6.06. The number of nitrogens with one attached hydrogen (secondary N) is 1. The first kappa shape index (κ1) is 15.1. The number of aromatic hydroxyl groups is 1. The van der Waals surface area contributed by atoms with Gasteiger partial charge in [0.25, 0.3) is 5.91 Å². The number of benzene rings is 2. The summed E-state index contributed by atoms with van der Waals surface area (Å²) in [5, 5.41) is 12.9. The van der Waals surface area contributed by atoms with Crippen LogP contribution >= 0.6 is 0 Å². The topological polar surface area (TPSA) is 49.3 Å². The van der Waals surface area contributed by atoms with Crippen molar-refractivity contribution in [3.8, 4) is 5.75 Å². The van der Waals surface area contributed by atoms with Crippen molar-refractivity contribution in [3.05, 3.63) is 58.7 Å². The third-order valence-electron chi connectivity index (χ3n) is 3.64. The van der Waals surface area contributed by atoms with Gasteiger partial charge < -0.3 is 10.4 Å². The summed E-state index contributed by atoms with van der Waals surface area (Å²) < 4.78 is 0. The van der Waals surface area contributed by atoms with Gasteiger partial charge in [0.1, 0.15) is 5.75 Å². The summed E-state index contributed by atoms with van der Waals surface area (Å²) in [6.07, 6.45) is 1.70. The lowest BCUT2D eigenvalue weighted by Crippen LogP contribution is -2.15. The summed E-state index contributed by atoms with van der Waals surface area (Å²) in [5.41, 5.74) is 4.30. The largest absolute Gasteiger partial charge is 0.507 e. The van der Waals surface area contributed by atoms with Crippen LogP contribution in [0.15, 0.2) is 36.4 Å². The van der Waals surface area contributed by atoms with E-state index in [0.717, 1.165) is 35.2 Å². The lowest BCUT2D eigenvalue weighted by molar-refractivity contribution is 0.102. The number of aryl methyl sites for hydroxylation is 3. The number of phenols is 1. The van der Waals surface area contributed by atoms with E-state index in [9.17, 15) is 9.90 Å². The van der Waals surface area contributed by atoms with Crippen LogP contribution < -0.4 is 5.32 Å². The minimum atomic E-state index is -0.275. The zero-order chi connectivity index (χ0) is 15.4. The zero-order valence-corrected chi connectivity index (χ0v) is 12.7. The Labute approximate surface area is 125 Å². The second kappa shape index (κ2) is 6.44. The predicted molar refractivity (Wildman–Crippen MR) is 86.0 cm³/mol. The van der Waals surface area contributed by atoms with Crippen molar-refractivity contribution in [3.63, 3.8) is 0 Å². The molecular weight excluding hydrogens is 262 g/mol. The molecule has 21 heavy (non-hydrogen) atoms. The average Bonchev–Trinajstić information content (AvgIpc) is 2.47. The first-order valence-electron chi connectivity index (χ1n) is 7.28. The second-order valence-corrected chi connectivity index (χ2v) is 5.13. The van der Waals surface area contributed by atoms with Gasteiger partial charge >= 0.3 is 0 Å². The lowest BCUT2D eigenvalue weighted by Gasteiger charge is -2.15. The Balaban J connectivity index is 2.35. The highest BCUT2D eigenvalue weighted by Crippen LogP contribution is 2.25. The molecular formula is C18H21NO2. The third-order valence-corrected chi connectivity index (χ3v) is 3.64. The molecule has 0 aliphatic carbocycles. The van der Waals surface area contributed by atoms with Gasteiger partial charge in [0.15, 0.2) is 0 Å². The Hall–Kier alpha value is -2.29. The molecule has 110 valence electrons. The molecule has 1 amide bonds. The van der Waals surface area contributed by atoms with E-state index in [1.165, 1.54) is 0 Å². The molecule has 2 aromatic carbocycles. The summed E-state index contributed by atoms with van der Waals surface area (Å²) >= 11 is 0. The Bertz CT molecular complexity index is 640. The van der Waals surface area contributed by atoms with Crippen LogP contribution in [-0.4, -0.2) is 11.0 Å². The van der Waals surface area contributed by atoms with Crippen LogP contribution in [0.5, 0.6) is 5.75 Å². The van der Waals surface area contributed by atoms with Crippen molar-refractivity contribution in [2.75, 3.05) is 5.32 Å². The highest BCUT2D eigenvalue weighted by atomic mass is 16.3. The first-order valence-corrected chi connectivity index (χ1v) is 7.28. The van der Waals surface area contributed by atoms with E-state index in [0.29, 0.717) is 5.56 Å². The molecule has 2 N–H and O–H groups in total. The van der Waals surface area contributed by atoms with E-state index in [1.54, 1.807) is 12.1 Å². The molecule has 3 heteroatoms. The predicted octanol–water partition coefficient (Wildman–Crippen LogP) is 4.08. The summed E-state index contributed by atoms with van der Waals surface area (Å²) in [6, 6.07) is 11.1. The quantitative estimate of drug-likeness (QED) is 0.888. The van der Waals surface area contributed by atoms with Gasteiger partial charge in [-0.25, -0.2) is 0 Å². The normalized spacial score (nSPS) is 10.4. The van der Waals surface area contributed by atoms with Gasteiger partial charge in [-0.1, -0.05) is 38.1 Å². The van der Waals surface area contributed by atoms with Crippen molar-refractivity contribution >= 4 is 11.6 Å². The second-order valence-electron chi connectivity index (χ2n) is 5.13. The Morgan fingerprint density at radius 2 is 1.71 bits per heavy atom. The van der Waals surface area contributed by atoms with Crippen molar-refractivity contribution in [1.29, 1.82) is 0 Å². The van der Waals surface area contributed by atoms with Gasteiger partial charge in [0, 0.05) is 5.69 Å². The Morgan fingerprint density at radius 1 is 1.10 bits per heavy atom. The van der Waals surface area contributed by atoms with Gasteiger partial charge in [-0.05, 0) is 48.6 Å². The number of carbonyl (C=O) groups excluding carboxylic acids is 1. The minimum Gasteiger partial charge on any atom is -0.507 e. The third kappa shape index (κ3) is 3.24. The van der Waals surface area contributed by atoms with Crippen LogP contribution in [0.3, 0.4) is 0 Å². The van der Waals surface area contributed by atoms with Gasteiger partial charge in [-0.3, -0.25) is 4.79 Å². The van der Waals surface area contributed by atoms with Crippen LogP contribution in [0.25, 0.3) is 0 Å². The highest BCUT2D eigenvalue weighted by Gasteiger charge is 2.14. The van der Waals surface area contributed by atoms with Crippen LogP contribution in [0.4, 0.5) is 5.69 Å². The van der Waals surface area contributed by atoms with E-state index in [1.807, 2.05) is 31.2 Å². The molecule has 0 saturated heterocycles. The van der Waals surface area contributed by atoms with Crippen LogP contribution in [0.1, 0.15) is 40.9 Å². The van der Waals surface area contributed by atoms with Crippen molar-refractivity contribution in [2.45, 2.75) is 33.6 Å². The average molecular weight is 283 g/mol. The number of para-hydroxylation sites is 1. The van der Waals surface area contributed by atoms with Crippen molar-refractivity contribution in [2.24, 2.45) is 0 Å². The fourth-order valence-corrected chi connectivity index (χ4v) is 2.42. The number of hydrogen-bond donors (Lipinski definition) is 2. The molecule has 0 atom stereocenters. The van der Waals surface area contributed by atoms with Crippen LogP contribution in [0.2, 0.25) is 0 Å². The van der Waals surface area contributed by atoms with E-state index < -0.39 is 0 Å². The summed E-state index contributed by atoms with van der Waals surface area (Å²) in [7, 11) is 0. The Kier molecular flexibility index (Phi) is 4.63. The number of hydrogen-bond acceptors (Lipinski definition) is 2. The SMILES string of the molecule is CCc1cccc(CC)c1NC(=O)c1ccc(C)cc1O. The first-order chi connectivity index (χ1) is 10.1. The van der Waals surface area contributed by atoms with Crippen molar-refractivity contribution < 1.29 is 9.90 Å². The summed E-state index contributed by atoms with van der Waals surface area (Å²) in [5.74, 6) is -0.261. The number of phenolic OH excluding ortho intramolecular Hbond substituents is 1. The maximum absolute atomic E-state index is 12.4. The molecule has 0 aliphatic heterocycles. The lowest BCUT2D eigenvalue weighted by atomic mass is 10.0.